The quantitative estimate of drug-likeness (QED) is 0.408. The second kappa shape index (κ2) is 3.21. The molecule has 6 heteroatoms. The van der Waals surface area contributed by atoms with Crippen molar-refractivity contribution < 1.29 is 9.53 Å². The van der Waals surface area contributed by atoms with Gasteiger partial charge in [0.25, 0.3) is 0 Å². The van der Waals surface area contributed by atoms with Crippen molar-refractivity contribution in [3.8, 4) is 0 Å². The van der Waals surface area contributed by atoms with Gasteiger partial charge in [-0.05, 0) is 11.6 Å². The van der Waals surface area contributed by atoms with Crippen LogP contribution >= 0.6 is 23.2 Å². The molecule has 0 spiro atoms. The largest absolute Gasteiger partial charge is 0.359 e. The molecule has 0 saturated carbocycles. The predicted molar refractivity (Wildman–Crippen MR) is 45.6 cm³/mol. The van der Waals surface area contributed by atoms with Gasteiger partial charge in [0.05, 0.1) is 12.3 Å². The molecule has 0 radical (unpaired) electrons. The number of ether oxygens (including phenoxy) is 1. The van der Waals surface area contributed by atoms with Crippen LogP contribution in [0.1, 0.15) is 17.4 Å². The molecule has 0 saturated heterocycles. The van der Waals surface area contributed by atoms with Gasteiger partial charge in [0.15, 0.2) is 6.29 Å². The lowest BCUT2D eigenvalue weighted by molar-refractivity contribution is -0.117. The van der Waals surface area contributed by atoms with E-state index in [4.69, 9.17) is 27.9 Å². The van der Waals surface area contributed by atoms with E-state index >= 15 is 0 Å². The molecule has 0 bridgehead atoms. The number of aldehydes is 1. The van der Waals surface area contributed by atoms with E-state index in [1.165, 1.54) is 0 Å². The smallest absolute Gasteiger partial charge is 0.224 e. The molecule has 1 aromatic heterocycles. The highest BCUT2D eigenvalue weighted by molar-refractivity contribution is 6.32. The van der Waals surface area contributed by atoms with Crippen molar-refractivity contribution in [3.05, 3.63) is 21.7 Å². The van der Waals surface area contributed by atoms with E-state index in [-0.39, 0.29) is 17.0 Å². The molecule has 2 rings (SSSR count). The van der Waals surface area contributed by atoms with Crippen molar-refractivity contribution in [3.63, 3.8) is 0 Å². The maximum Gasteiger partial charge on any atom is 0.224 e. The van der Waals surface area contributed by atoms with Crippen LogP contribution in [-0.4, -0.2) is 16.3 Å². The maximum absolute atomic E-state index is 10.5. The van der Waals surface area contributed by atoms with Crippen molar-refractivity contribution in [1.82, 2.24) is 9.97 Å². The third kappa shape index (κ3) is 1.41. The van der Waals surface area contributed by atoms with E-state index in [0.29, 0.717) is 17.5 Å². The Bertz CT molecular complexity index is 370. The topological polar surface area (TPSA) is 52.1 Å². The standard InChI is InChI=1S/C7H4Cl2N2O2/c8-6-5-3(10-7(9)11-6)2-13-4(5)1-12/h1,4H,2H2. The summed E-state index contributed by atoms with van der Waals surface area (Å²) in [6, 6.07) is 0. The fourth-order valence-electron chi connectivity index (χ4n) is 1.21. The molecule has 2 heterocycles. The number of hydrogen-bond acceptors (Lipinski definition) is 4. The first kappa shape index (κ1) is 8.87. The van der Waals surface area contributed by atoms with Crippen LogP contribution in [0.25, 0.3) is 0 Å². The highest BCUT2D eigenvalue weighted by Crippen LogP contribution is 2.33. The molecule has 1 unspecified atom stereocenters. The third-order valence-electron chi connectivity index (χ3n) is 1.76. The molecule has 13 heavy (non-hydrogen) atoms. The minimum Gasteiger partial charge on any atom is -0.359 e. The lowest BCUT2D eigenvalue weighted by Crippen LogP contribution is -2.00. The van der Waals surface area contributed by atoms with E-state index in [1.807, 2.05) is 0 Å². The Hall–Kier alpha value is -0.710. The molecule has 0 aromatic carbocycles. The maximum atomic E-state index is 10.5. The highest BCUT2D eigenvalue weighted by Gasteiger charge is 2.28. The average Bonchev–Trinajstić information content (AvgIpc) is 2.47. The van der Waals surface area contributed by atoms with Gasteiger partial charge in [-0.25, -0.2) is 9.97 Å². The van der Waals surface area contributed by atoms with Crippen molar-refractivity contribution >= 4 is 29.5 Å². The SMILES string of the molecule is O=CC1OCc2nc(Cl)nc(Cl)c21. The number of fused-ring (bicyclic) bond motifs is 1. The van der Waals surface area contributed by atoms with Crippen LogP contribution in [0, 0.1) is 0 Å². The van der Waals surface area contributed by atoms with Crippen LogP contribution in [0.4, 0.5) is 0 Å². The normalized spacial score (nSPS) is 20.0. The lowest BCUT2D eigenvalue weighted by atomic mass is 10.2. The van der Waals surface area contributed by atoms with Gasteiger partial charge in [0, 0.05) is 5.56 Å². The van der Waals surface area contributed by atoms with Gasteiger partial charge >= 0.3 is 0 Å². The first-order valence-electron chi connectivity index (χ1n) is 3.51. The molecule has 0 amide bonds. The molecule has 1 aromatic rings. The summed E-state index contributed by atoms with van der Waals surface area (Å²) in [6.45, 7) is 0.251. The monoisotopic (exact) mass is 218 g/mol. The average molecular weight is 219 g/mol. The summed E-state index contributed by atoms with van der Waals surface area (Å²) < 4.78 is 5.09. The summed E-state index contributed by atoms with van der Waals surface area (Å²) in [5, 5.41) is 0.253. The highest BCUT2D eigenvalue weighted by atomic mass is 35.5. The van der Waals surface area contributed by atoms with Gasteiger partial charge in [0.1, 0.15) is 11.3 Å². The van der Waals surface area contributed by atoms with Crippen LogP contribution in [0.2, 0.25) is 10.4 Å². The van der Waals surface area contributed by atoms with Crippen molar-refractivity contribution in [2.24, 2.45) is 0 Å². The number of nitrogens with zero attached hydrogens (tertiary/aromatic N) is 2. The molecule has 0 fully saturated rings. The van der Waals surface area contributed by atoms with E-state index in [2.05, 4.69) is 9.97 Å². The molecule has 0 N–H and O–H groups in total. The number of carbonyl (C=O) groups excluding carboxylic acids is 1. The molecule has 1 aliphatic heterocycles. The summed E-state index contributed by atoms with van der Waals surface area (Å²) >= 11 is 11.3. The Morgan fingerprint density at radius 1 is 1.46 bits per heavy atom. The first-order chi connectivity index (χ1) is 6.22. The number of carbonyl (C=O) groups is 1. The minimum absolute atomic E-state index is 0.0684. The fraction of sp³-hybridized carbons (Fsp3) is 0.286. The van der Waals surface area contributed by atoms with E-state index in [9.17, 15) is 4.79 Å². The molecule has 68 valence electrons. The fourth-order valence-corrected chi connectivity index (χ4v) is 1.73. The van der Waals surface area contributed by atoms with Gasteiger partial charge in [-0.15, -0.1) is 0 Å². The van der Waals surface area contributed by atoms with E-state index in [0.717, 1.165) is 0 Å². The Morgan fingerprint density at radius 2 is 2.23 bits per heavy atom. The van der Waals surface area contributed by atoms with Gasteiger partial charge in [0.2, 0.25) is 5.28 Å². The molecule has 1 atom stereocenters. The summed E-state index contributed by atoms with van der Waals surface area (Å²) in [7, 11) is 0. The first-order valence-corrected chi connectivity index (χ1v) is 4.26. The van der Waals surface area contributed by atoms with Crippen molar-refractivity contribution in [2.45, 2.75) is 12.7 Å². The molecule has 0 aliphatic carbocycles. The number of rotatable bonds is 1. The van der Waals surface area contributed by atoms with Crippen LogP contribution < -0.4 is 0 Å². The third-order valence-corrected chi connectivity index (χ3v) is 2.22. The molecular weight excluding hydrogens is 215 g/mol. The van der Waals surface area contributed by atoms with Gasteiger partial charge < -0.3 is 9.53 Å². The number of halogens is 2. The summed E-state index contributed by atoms with van der Waals surface area (Å²) in [5.74, 6) is 0. The van der Waals surface area contributed by atoms with Gasteiger partial charge in [-0.3, -0.25) is 0 Å². The van der Waals surface area contributed by atoms with Crippen LogP contribution in [0.15, 0.2) is 0 Å². The van der Waals surface area contributed by atoms with Crippen molar-refractivity contribution in [2.75, 3.05) is 0 Å². The van der Waals surface area contributed by atoms with Gasteiger partial charge in [-0.1, -0.05) is 11.6 Å². The molecular formula is C7H4Cl2N2O2. The number of hydrogen-bond donors (Lipinski definition) is 0. The van der Waals surface area contributed by atoms with Crippen LogP contribution in [-0.2, 0) is 16.1 Å². The summed E-state index contributed by atoms with van der Waals surface area (Å²) in [6.07, 6.45) is 0.00869. The van der Waals surface area contributed by atoms with Gasteiger partial charge in [-0.2, -0.15) is 0 Å². The van der Waals surface area contributed by atoms with E-state index < -0.39 is 6.10 Å². The van der Waals surface area contributed by atoms with E-state index in [1.54, 1.807) is 0 Å². The second-order valence-corrected chi connectivity index (χ2v) is 3.21. The molecule has 1 aliphatic rings. The minimum atomic E-state index is -0.653. The Morgan fingerprint density at radius 3 is 2.92 bits per heavy atom. The summed E-state index contributed by atoms with van der Waals surface area (Å²) in [5.41, 5.74) is 1.11. The Kier molecular flexibility index (Phi) is 2.19. The zero-order valence-corrected chi connectivity index (χ0v) is 7.84. The zero-order chi connectivity index (χ0) is 9.42. The zero-order valence-electron chi connectivity index (χ0n) is 6.33. The molecule has 4 nitrogen and oxygen atoms in total. The predicted octanol–water partition coefficient (Wildman–Crippen LogP) is 1.55. The van der Waals surface area contributed by atoms with Crippen molar-refractivity contribution in [1.29, 1.82) is 0 Å². The number of aromatic nitrogens is 2. The second-order valence-electron chi connectivity index (χ2n) is 2.51. The van der Waals surface area contributed by atoms with Crippen LogP contribution in [0.3, 0.4) is 0 Å². The Balaban J connectivity index is 2.57. The Labute approximate surface area is 83.8 Å². The lowest BCUT2D eigenvalue weighted by Gasteiger charge is -2.02. The summed E-state index contributed by atoms with van der Waals surface area (Å²) in [4.78, 5) is 18.2. The van der Waals surface area contributed by atoms with Crippen LogP contribution in [0.5, 0.6) is 0 Å².